The Balaban J connectivity index is 2.12. The van der Waals surface area contributed by atoms with Crippen LogP contribution in [-0.2, 0) is 15.8 Å². The van der Waals surface area contributed by atoms with Crippen molar-refractivity contribution in [2.75, 3.05) is 10.5 Å². The monoisotopic (exact) mass is 267 g/mol. The van der Waals surface area contributed by atoms with Gasteiger partial charge in [-0.3, -0.25) is 4.72 Å². The number of aromatic nitrogens is 1. The van der Waals surface area contributed by atoms with Gasteiger partial charge in [-0.15, -0.1) is 0 Å². The van der Waals surface area contributed by atoms with Gasteiger partial charge >= 0.3 is 0 Å². The predicted octanol–water partition coefficient (Wildman–Crippen LogP) is 1.51. The van der Waals surface area contributed by atoms with Crippen molar-refractivity contribution in [3.63, 3.8) is 0 Å². The average molecular weight is 267 g/mol. The van der Waals surface area contributed by atoms with E-state index in [1.54, 1.807) is 31.2 Å². The third-order valence-corrected chi connectivity index (χ3v) is 3.43. The van der Waals surface area contributed by atoms with Crippen LogP contribution in [0.5, 0.6) is 0 Å². The number of rotatable bonds is 4. The topological polar surface area (TPSA) is 98.2 Å². The van der Waals surface area contributed by atoms with Gasteiger partial charge in [0, 0.05) is 11.8 Å². The van der Waals surface area contributed by atoms with Gasteiger partial charge in [-0.05, 0) is 24.6 Å². The molecule has 0 saturated carbocycles. The lowest BCUT2D eigenvalue weighted by atomic mass is 10.2. The first-order valence-corrected chi connectivity index (χ1v) is 6.88. The van der Waals surface area contributed by atoms with Gasteiger partial charge < -0.3 is 10.3 Å². The molecule has 1 heterocycles. The van der Waals surface area contributed by atoms with E-state index in [4.69, 9.17) is 10.3 Å². The number of nitrogens with two attached hydrogens (primary N) is 1. The summed E-state index contributed by atoms with van der Waals surface area (Å²) in [5, 5.41) is 3.57. The number of hydrogen-bond donors (Lipinski definition) is 2. The Labute approximate surface area is 105 Å². The lowest BCUT2D eigenvalue weighted by Gasteiger charge is -2.05. The third kappa shape index (κ3) is 3.24. The lowest BCUT2D eigenvalue weighted by molar-refractivity contribution is 0.400. The summed E-state index contributed by atoms with van der Waals surface area (Å²) >= 11 is 0. The number of sulfonamides is 1. The van der Waals surface area contributed by atoms with Crippen LogP contribution in [0.25, 0.3) is 0 Å². The van der Waals surface area contributed by atoms with E-state index in [2.05, 4.69) is 9.88 Å². The summed E-state index contributed by atoms with van der Waals surface area (Å²) in [4.78, 5) is 0. The van der Waals surface area contributed by atoms with E-state index in [0.29, 0.717) is 17.0 Å². The zero-order valence-corrected chi connectivity index (χ0v) is 10.6. The largest absolute Gasteiger partial charge is 0.399 e. The fourth-order valence-corrected chi connectivity index (χ4v) is 2.62. The summed E-state index contributed by atoms with van der Waals surface area (Å²) < 4.78 is 30.8. The predicted molar refractivity (Wildman–Crippen MR) is 68.3 cm³/mol. The van der Waals surface area contributed by atoms with Gasteiger partial charge in [0.15, 0.2) is 5.82 Å². The minimum Gasteiger partial charge on any atom is -0.399 e. The molecule has 0 unspecified atom stereocenters. The van der Waals surface area contributed by atoms with E-state index in [1.807, 2.05) is 0 Å². The highest BCUT2D eigenvalue weighted by Crippen LogP contribution is 2.14. The maximum atomic E-state index is 11.9. The van der Waals surface area contributed by atoms with Crippen LogP contribution in [0.4, 0.5) is 11.5 Å². The first kappa shape index (κ1) is 12.4. The van der Waals surface area contributed by atoms with Crippen LogP contribution >= 0.6 is 0 Å². The Kier molecular flexibility index (Phi) is 3.24. The standard InChI is InChI=1S/C11H13N3O3S/c1-8-5-11(13-17-8)14-18(15,16)7-9-3-2-4-10(12)6-9/h2-6H,7,12H2,1H3,(H,13,14). The molecule has 0 saturated heterocycles. The second kappa shape index (κ2) is 4.69. The molecule has 0 atom stereocenters. The third-order valence-electron chi connectivity index (χ3n) is 2.20. The number of hydrogen-bond acceptors (Lipinski definition) is 5. The number of aryl methyl sites for hydroxylation is 1. The number of nitrogen functional groups attached to an aromatic ring is 1. The Morgan fingerprint density at radius 2 is 2.17 bits per heavy atom. The fourth-order valence-electron chi connectivity index (χ4n) is 1.51. The highest BCUT2D eigenvalue weighted by Gasteiger charge is 2.14. The quantitative estimate of drug-likeness (QED) is 0.818. The molecule has 18 heavy (non-hydrogen) atoms. The first-order chi connectivity index (χ1) is 8.44. The summed E-state index contributed by atoms with van der Waals surface area (Å²) in [7, 11) is -3.52. The zero-order valence-electron chi connectivity index (χ0n) is 9.75. The molecule has 0 aliphatic rings. The summed E-state index contributed by atoms with van der Waals surface area (Å²) in [6.07, 6.45) is 0. The zero-order chi connectivity index (χ0) is 13.2. The molecular formula is C11H13N3O3S. The second-order valence-corrected chi connectivity index (χ2v) is 5.65. The number of anilines is 2. The average Bonchev–Trinajstić information content (AvgIpc) is 2.62. The molecule has 0 aliphatic heterocycles. The second-order valence-electron chi connectivity index (χ2n) is 3.93. The van der Waals surface area contributed by atoms with Crippen molar-refractivity contribution in [1.29, 1.82) is 0 Å². The van der Waals surface area contributed by atoms with Crippen LogP contribution in [0, 0.1) is 6.92 Å². The van der Waals surface area contributed by atoms with Crippen LogP contribution < -0.4 is 10.5 Å². The van der Waals surface area contributed by atoms with Crippen LogP contribution in [0.2, 0.25) is 0 Å². The molecule has 0 aliphatic carbocycles. The highest BCUT2D eigenvalue weighted by atomic mass is 32.2. The van der Waals surface area contributed by atoms with Gasteiger partial charge in [0.25, 0.3) is 0 Å². The van der Waals surface area contributed by atoms with E-state index >= 15 is 0 Å². The van der Waals surface area contributed by atoms with Crippen LogP contribution in [0.1, 0.15) is 11.3 Å². The van der Waals surface area contributed by atoms with E-state index in [1.165, 1.54) is 6.07 Å². The van der Waals surface area contributed by atoms with Gasteiger partial charge in [0.05, 0.1) is 5.75 Å². The normalized spacial score (nSPS) is 11.4. The maximum absolute atomic E-state index is 11.9. The molecule has 0 radical (unpaired) electrons. The molecule has 0 spiro atoms. The van der Waals surface area contributed by atoms with Crippen molar-refractivity contribution in [2.45, 2.75) is 12.7 Å². The van der Waals surface area contributed by atoms with E-state index in [9.17, 15) is 8.42 Å². The van der Waals surface area contributed by atoms with Crippen molar-refractivity contribution in [2.24, 2.45) is 0 Å². The summed E-state index contributed by atoms with van der Waals surface area (Å²) in [6, 6.07) is 8.23. The van der Waals surface area contributed by atoms with Gasteiger partial charge in [-0.1, -0.05) is 17.3 Å². The first-order valence-electron chi connectivity index (χ1n) is 5.23. The molecule has 96 valence electrons. The Bertz CT molecular complexity index is 649. The number of nitrogens with one attached hydrogen (secondary N) is 1. The number of benzene rings is 1. The van der Waals surface area contributed by atoms with E-state index < -0.39 is 10.0 Å². The molecule has 1 aromatic carbocycles. The SMILES string of the molecule is Cc1cc(NS(=O)(=O)Cc2cccc(N)c2)no1. The van der Waals surface area contributed by atoms with Gasteiger partial charge in [0.2, 0.25) is 10.0 Å². The molecular weight excluding hydrogens is 254 g/mol. The fraction of sp³-hybridized carbons (Fsp3) is 0.182. The molecule has 2 aromatic rings. The van der Waals surface area contributed by atoms with Crippen molar-refractivity contribution in [3.05, 3.63) is 41.7 Å². The van der Waals surface area contributed by atoms with Crippen LogP contribution in [-0.4, -0.2) is 13.6 Å². The van der Waals surface area contributed by atoms with Crippen LogP contribution in [0.3, 0.4) is 0 Å². The van der Waals surface area contributed by atoms with Gasteiger partial charge in [0.1, 0.15) is 5.76 Å². The summed E-state index contributed by atoms with van der Waals surface area (Å²) in [6.45, 7) is 1.68. The minimum absolute atomic E-state index is 0.163. The molecule has 3 N–H and O–H groups in total. The molecule has 7 heteroatoms. The molecule has 0 bridgehead atoms. The molecule has 0 amide bonds. The van der Waals surface area contributed by atoms with Crippen molar-refractivity contribution >= 4 is 21.5 Å². The van der Waals surface area contributed by atoms with Crippen molar-refractivity contribution in [3.8, 4) is 0 Å². The van der Waals surface area contributed by atoms with Gasteiger partial charge in [-0.25, -0.2) is 8.42 Å². The van der Waals surface area contributed by atoms with Crippen LogP contribution in [0.15, 0.2) is 34.9 Å². The van der Waals surface area contributed by atoms with E-state index in [0.717, 1.165) is 0 Å². The van der Waals surface area contributed by atoms with Gasteiger partial charge in [-0.2, -0.15) is 0 Å². The molecule has 0 fully saturated rings. The Morgan fingerprint density at radius 1 is 1.39 bits per heavy atom. The van der Waals surface area contributed by atoms with Crippen molar-refractivity contribution in [1.82, 2.24) is 5.16 Å². The Hall–Kier alpha value is -2.02. The lowest BCUT2D eigenvalue weighted by Crippen LogP contribution is -2.15. The maximum Gasteiger partial charge on any atom is 0.238 e. The smallest absolute Gasteiger partial charge is 0.238 e. The summed E-state index contributed by atoms with van der Waals surface area (Å²) in [5.74, 6) is 0.553. The number of nitrogens with zero attached hydrogens (tertiary/aromatic N) is 1. The molecule has 1 aromatic heterocycles. The molecule has 6 nitrogen and oxygen atoms in total. The highest BCUT2D eigenvalue weighted by molar-refractivity contribution is 7.91. The van der Waals surface area contributed by atoms with E-state index in [-0.39, 0.29) is 11.6 Å². The Morgan fingerprint density at radius 3 is 2.78 bits per heavy atom. The summed E-state index contributed by atoms with van der Waals surface area (Å²) in [5.41, 5.74) is 6.73. The minimum atomic E-state index is -3.52. The van der Waals surface area contributed by atoms with Crippen molar-refractivity contribution < 1.29 is 12.9 Å². The molecule has 2 rings (SSSR count).